The summed E-state index contributed by atoms with van der Waals surface area (Å²) in [7, 11) is 0. The number of likely N-dealkylation sites (tertiary alicyclic amines) is 1. The fraction of sp³-hybridized carbons (Fsp3) is 1.00. The third-order valence-corrected chi connectivity index (χ3v) is 4.79. The molecule has 2 unspecified atom stereocenters. The Hall–Kier alpha value is -0.120. The van der Waals surface area contributed by atoms with Gasteiger partial charge in [0, 0.05) is 12.1 Å². The van der Waals surface area contributed by atoms with E-state index in [2.05, 4.69) is 17.1 Å². The summed E-state index contributed by atoms with van der Waals surface area (Å²) in [6, 6.07) is 1.45. The molecule has 106 valence electrons. The number of piperidine rings is 1. The highest BCUT2D eigenvalue weighted by molar-refractivity contribution is 4.86. The molecule has 0 aromatic rings. The number of nitrogens with one attached hydrogen (secondary N) is 1. The number of nitrogens with zero attached hydrogens (tertiary/aromatic N) is 1. The van der Waals surface area contributed by atoms with Gasteiger partial charge in [0.1, 0.15) is 0 Å². The van der Waals surface area contributed by atoms with E-state index in [4.69, 9.17) is 5.73 Å². The third-order valence-electron chi connectivity index (χ3n) is 4.79. The first-order valence-corrected chi connectivity index (χ1v) is 8.02. The highest BCUT2D eigenvalue weighted by Crippen LogP contribution is 2.25. The van der Waals surface area contributed by atoms with Crippen LogP contribution in [0.2, 0.25) is 0 Å². The van der Waals surface area contributed by atoms with Crippen molar-refractivity contribution >= 4 is 0 Å². The predicted molar refractivity (Wildman–Crippen MR) is 77.7 cm³/mol. The van der Waals surface area contributed by atoms with Gasteiger partial charge in [-0.25, -0.2) is 0 Å². The molecular weight excluding hydrogens is 222 g/mol. The monoisotopic (exact) mass is 253 g/mol. The summed E-state index contributed by atoms with van der Waals surface area (Å²) in [5, 5.41) is 3.91. The molecule has 0 aromatic carbocycles. The maximum Gasteiger partial charge on any atom is 0.0110 e. The molecule has 3 heteroatoms. The maximum atomic E-state index is 5.91. The predicted octanol–water partition coefficient (Wildman–Crippen LogP) is 1.97. The molecule has 0 aromatic heterocycles. The summed E-state index contributed by atoms with van der Waals surface area (Å²) in [5.41, 5.74) is 5.91. The molecule has 3 nitrogen and oxygen atoms in total. The lowest BCUT2D eigenvalue weighted by Gasteiger charge is -2.38. The van der Waals surface area contributed by atoms with Gasteiger partial charge in [0.05, 0.1) is 0 Å². The second kappa shape index (κ2) is 7.46. The van der Waals surface area contributed by atoms with Crippen LogP contribution in [0, 0.1) is 5.92 Å². The highest BCUT2D eigenvalue weighted by Gasteiger charge is 2.27. The van der Waals surface area contributed by atoms with Crippen molar-refractivity contribution in [1.82, 2.24) is 10.2 Å². The van der Waals surface area contributed by atoms with Crippen LogP contribution >= 0.6 is 0 Å². The highest BCUT2D eigenvalue weighted by atomic mass is 15.1. The average Bonchev–Trinajstić information content (AvgIpc) is 2.42. The van der Waals surface area contributed by atoms with Crippen molar-refractivity contribution in [2.45, 2.75) is 64.0 Å². The molecule has 1 aliphatic carbocycles. The lowest BCUT2D eigenvalue weighted by molar-refractivity contribution is 0.169. The fourth-order valence-electron chi connectivity index (χ4n) is 3.65. The second-order valence-corrected chi connectivity index (χ2v) is 6.17. The summed E-state index contributed by atoms with van der Waals surface area (Å²) in [6.45, 7) is 6.99. The summed E-state index contributed by atoms with van der Waals surface area (Å²) in [5.74, 6) is 0.729. The summed E-state index contributed by atoms with van der Waals surface area (Å²) >= 11 is 0. The van der Waals surface area contributed by atoms with E-state index >= 15 is 0 Å². The Morgan fingerprint density at radius 1 is 1.11 bits per heavy atom. The van der Waals surface area contributed by atoms with Gasteiger partial charge in [-0.05, 0) is 64.2 Å². The van der Waals surface area contributed by atoms with Crippen LogP contribution in [0.5, 0.6) is 0 Å². The SMILES string of the molecule is CCCN1CCC(NC2CCCCC2CN)CC1. The zero-order valence-corrected chi connectivity index (χ0v) is 12.0. The van der Waals surface area contributed by atoms with Crippen LogP contribution in [-0.4, -0.2) is 43.2 Å². The number of nitrogens with two attached hydrogens (primary N) is 1. The van der Waals surface area contributed by atoms with Crippen LogP contribution in [0.15, 0.2) is 0 Å². The third kappa shape index (κ3) is 3.94. The van der Waals surface area contributed by atoms with Crippen molar-refractivity contribution in [2.75, 3.05) is 26.2 Å². The second-order valence-electron chi connectivity index (χ2n) is 6.17. The Balaban J connectivity index is 1.73. The Bertz CT molecular complexity index is 224. The Labute approximate surface area is 112 Å². The topological polar surface area (TPSA) is 41.3 Å². The zero-order valence-electron chi connectivity index (χ0n) is 12.0. The zero-order chi connectivity index (χ0) is 12.8. The molecule has 1 saturated heterocycles. The van der Waals surface area contributed by atoms with E-state index in [-0.39, 0.29) is 0 Å². The molecule has 0 amide bonds. The minimum Gasteiger partial charge on any atom is -0.330 e. The van der Waals surface area contributed by atoms with Gasteiger partial charge in [0.2, 0.25) is 0 Å². The van der Waals surface area contributed by atoms with Crippen molar-refractivity contribution in [1.29, 1.82) is 0 Å². The van der Waals surface area contributed by atoms with Gasteiger partial charge in [0.15, 0.2) is 0 Å². The Morgan fingerprint density at radius 3 is 2.50 bits per heavy atom. The maximum absolute atomic E-state index is 5.91. The quantitative estimate of drug-likeness (QED) is 0.787. The van der Waals surface area contributed by atoms with Gasteiger partial charge in [-0.1, -0.05) is 19.8 Å². The molecule has 2 atom stereocenters. The molecule has 2 rings (SSSR count). The Kier molecular flexibility index (Phi) is 5.93. The van der Waals surface area contributed by atoms with Crippen molar-refractivity contribution < 1.29 is 0 Å². The number of hydrogen-bond acceptors (Lipinski definition) is 3. The van der Waals surface area contributed by atoms with E-state index in [0.29, 0.717) is 6.04 Å². The van der Waals surface area contributed by atoms with Gasteiger partial charge >= 0.3 is 0 Å². The molecule has 1 aliphatic heterocycles. The molecule has 2 fully saturated rings. The van der Waals surface area contributed by atoms with E-state index in [9.17, 15) is 0 Å². The first-order valence-electron chi connectivity index (χ1n) is 8.02. The van der Waals surface area contributed by atoms with Gasteiger partial charge in [-0.3, -0.25) is 0 Å². The van der Waals surface area contributed by atoms with Crippen LogP contribution in [0.1, 0.15) is 51.9 Å². The van der Waals surface area contributed by atoms with Crippen LogP contribution in [0.4, 0.5) is 0 Å². The molecule has 18 heavy (non-hydrogen) atoms. The number of hydrogen-bond donors (Lipinski definition) is 2. The van der Waals surface area contributed by atoms with Gasteiger partial charge in [-0.15, -0.1) is 0 Å². The van der Waals surface area contributed by atoms with Crippen LogP contribution in [-0.2, 0) is 0 Å². The molecule has 1 saturated carbocycles. The normalized spacial score (nSPS) is 31.7. The van der Waals surface area contributed by atoms with Crippen molar-refractivity contribution in [3.05, 3.63) is 0 Å². The van der Waals surface area contributed by atoms with Gasteiger partial charge < -0.3 is 16.0 Å². The average molecular weight is 253 g/mol. The molecule has 0 radical (unpaired) electrons. The lowest BCUT2D eigenvalue weighted by atomic mass is 9.83. The first-order chi connectivity index (χ1) is 8.83. The molecule has 1 heterocycles. The van der Waals surface area contributed by atoms with Crippen LogP contribution in [0.3, 0.4) is 0 Å². The fourth-order valence-corrected chi connectivity index (χ4v) is 3.65. The minimum absolute atomic E-state index is 0.700. The van der Waals surface area contributed by atoms with Crippen molar-refractivity contribution in [2.24, 2.45) is 11.7 Å². The minimum atomic E-state index is 0.700. The summed E-state index contributed by atoms with van der Waals surface area (Å²) in [6.07, 6.45) is 9.40. The van der Waals surface area contributed by atoms with Crippen LogP contribution < -0.4 is 11.1 Å². The van der Waals surface area contributed by atoms with E-state index in [1.807, 2.05) is 0 Å². The lowest BCUT2D eigenvalue weighted by Crippen LogP contribution is -2.50. The van der Waals surface area contributed by atoms with E-state index < -0.39 is 0 Å². The standard InChI is InChI=1S/C15H31N3/c1-2-9-18-10-7-14(8-11-18)17-15-6-4-3-5-13(15)12-16/h13-15,17H,2-12,16H2,1H3. The largest absolute Gasteiger partial charge is 0.330 e. The number of rotatable bonds is 5. The summed E-state index contributed by atoms with van der Waals surface area (Å²) < 4.78 is 0. The van der Waals surface area contributed by atoms with Crippen molar-refractivity contribution in [3.63, 3.8) is 0 Å². The van der Waals surface area contributed by atoms with Gasteiger partial charge in [0.25, 0.3) is 0 Å². The molecule has 0 bridgehead atoms. The smallest absolute Gasteiger partial charge is 0.0110 e. The Morgan fingerprint density at radius 2 is 1.83 bits per heavy atom. The van der Waals surface area contributed by atoms with Crippen LogP contribution in [0.25, 0.3) is 0 Å². The van der Waals surface area contributed by atoms with Crippen molar-refractivity contribution in [3.8, 4) is 0 Å². The molecular formula is C15H31N3. The summed E-state index contributed by atoms with van der Waals surface area (Å²) in [4.78, 5) is 2.61. The molecule has 2 aliphatic rings. The van der Waals surface area contributed by atoms with E-state index in [1.165, 1.54) is 64.6 Å². The van der Waals surface area contributed by atoms with E-state index in [1.54, 1.807) is 0 Å². The molecule has 0 spiro atoms. The van der Waals surface area contributed by atoms with E-state index in [0.717, 1.165) is 18.5 Å². The van der Waals surface area contributed by atoms with Gasteiger partial charge in [-0.2, -0.15) is 0 Å². The first kappa shape index (κ1) is 14.3. The molecule has 3 N–H and O–H groups in total.